The summed E-state index contributed by atoms with van der Waals surface area (Å²) in [5.41, 5.74) is 13.5. The molecule has 2 rings (SSSR count). The van der Waals surface area contributed by atoms with Crippen LogP contribution in [0, 0.1) is 0 Å². The molecule has 3 atom stereocenters. The summed E-state index contributed by atoms with van der Waals surface area (Å²) in [6.07, 6.45) is 0.992. The Balaban J connectivity index is 1.74. The Bertz CT molecular complexity index is 845. The Kier molecular flexibility index (Phi) is 9.67. The van der Waals surface area contributed by atoms with Crippen LogP contribution in [0.3, 0.4) is 0 Å². The van der Waals surface area contributed by atoms with E-state index in [1.807, 2.05) is 60.7 Å². The first-order valence-corrected chi connectivity index (χ1v) is 10.2. The molecule has 0 fully saturated rings. The third-order valence-corrected chi connectivity index (χ3v) is 4.78. The number of carbonyl (C=O) groups is 3. The van der Waals surface area contributed by atoms with E-state index in [0.717, 1.165) is 11.1 Å². The van der Waals surface area contributed by atoms with Crippen LogP contribution in [0.1, 0.15) is 30.4 Å². The van der Waals surface area contributed by atoms with Crippen LogP contribution < -0.4 is 16.8 Å². The van der Waals surface area contributed by atoms with Crippen molar-refractivity contribution in [2.45, 2.75) is 50.4 Å². The van der Waals surface area contributed by atoms with Gasteiger partial charge in [0.05, 0.1) is 6.04 Å². The van der Waals surface area contributed by atoms with Crippen LogP contribution >= 0.6 is 0 Å². The zero-order chi connectivity index (χ0) is 22.6. The molecule has 1 unspecified atom stereocenters. The second kappa shape index (κ2) is 12.5. The van der Waals surface area contributed by atoms with Gasteiger partial charge in [-0.3, -0.25) is 9.59 Å². The van der Waals surface area contributed by atoms with Gasteiger partial charge in [0.25, 0.3) is 0 Å². The summed E-state index contributed by atoms with van der Waals surface area (Å²) in [6, 6.07) is 15.6. The van der Waals surface area contributed by atoms with Gasteiger partial charge in [-0.25, -0.2) is 4.79 Å². The number of nitrogens with two attached hydrogens (primary N) is 2. The molecule has 2 aromatic carbocycles. The SMILES string of the molecule is NC(CCC[C@H](NC(=O)[C@@H](N)Cc1ccccc1)C(=O)O)C(=O)OCc1ccccc1. The fourth-order valence-corrected chi connectivity index (χ4v) is 2.99. The number of benzene rings is 2. The van der Waals surface area contributed by atoms with E-state index in [0.29, 0.717) is 12.8 Å². The van der Waals surface area contributed by atoms with Gasteiger partial charge in [0.1, 0.15) is 18.7 Å². The van der Waals surface area contributed by atoms with Crippen LogP contribution in [0.15, 0.2) is 60.7 Å². The normalized spacial score (nSPS) is 13.6. The topological polar surface area (TPSA) is 145 Å². The number of ether oxygens (including phenoxy) is 1. The highest BCUT2D eigenvalue weighted by atomic mass is 16.5. The summed E-state index contributed by atoms with van der Waals surface area (Å²) in [7, 11) is 0. The second-order valence-electron chi connectivity index (χ2n) is 7.33. The molecule has 0 spiro atoms. The Morgan fingerprint density at radius 1 is 0.871 bits per heavy atom. The quantitative estimate of drug-likeness (QED) is 0.374. The Labute approximate surface area is 181 Å². The lowest BCUT2D eigenvalue weighted by Crippen LogP contribution is -2.49. The van der Waals surface area contributed by atoms with Crippen molar-refractivity contribution in [1.82, 2.24) is 5.32 Å². The Morgan fingerprint density at radius 3 is 2.03 bits per heavy atom. The maximum Gasteiger partial charge on any atom is 0.326 e. The Morgan fingerprint density at radius 2 is 1.45 bits per heavy atom. The molecule has 0 aliphatic rings. The maximum atomic E-state index is 12.3. The number of carboxylic acids is 1. The van der Waals surface area contributed by atoms with Gasteiger partial charge in [-0.1, -0.05) is 60.7 Å². The number of hydrogen-bond acceptors (Lipinski definition) is 6. The van der Waals surface area contributed by atoms with Crippen molar-refractivity contribution >= 4 is 17.8 Å². The fourth-order valence-electron chi connectivity index (χ4n) is 2.99. The third-order valence-electron chi connectivity index (χ3n) is 4.78. The molecule has 1 amide bonds. The maximum absolute atomic E-state index is 12.3. The van der Waals surface area contributed by atoms with E-state index in [9.17, 15) is 19.5 Å². The minimum absolute atomic E-state index is 0.124. The summed E-state index contributed by atoms with van der Waals surface area (Å²) in [4.78, 5) is 35.8. The first-order valence-electron chi connectivity index (χ1n) is 10.2. The second-order valence-corrected chi connectivity index (χ2v) is 7.33. The van der Waals surface area contributed by atoms with Gasteiger partial charge in [0.15, 0.2) is 0 Å². The monoisotopic (exact) mass is 427 g/mol. The van der Waals surface area contributed by atoms with E-state index in [-0.39, 0.29) is 19.4 Å². The molecule has 0 aliphatic heterocycles. The molecule has 0 radical (unpaired) electrons. The molecule has 166 valence electrons. The summed E-state index contributed by atoms with van der Waals surface area (Å²) >= 11 is 0. The average Bonchev–Trinajstić information content (AvgIpc) is 2.77. The van der Waals surface area contributed by atoms with Gasteiger partial charge in [-0.05, 0) is 36.8 Å². The molecule has 6 N–H and O–H groups in total. The minimum Gasteiger partial charge on any atom is -0.480 e. The van der Waals surface area contributed by atoms with Crippen molar-refractivity contribution in [1.29, 1.82) is 0 Å². The lowest BCUT2D eigenvalue weighted by Gasteiger charge is -2.18. The predicted octanol–water partition coefficient (Wildman–Crippen LogP) is 1.37. The summed E-state index contributed by atoms with van der Waals surface area (Å²) < 4.78 is 5.18. The Hall–Kier alpha value is -3.23. The fraction of sp³-hybridized carbons (Fsp3) is 0.348. The van der Waals surface area contributed by atoms with E-state index >= 15 is 0 Å². The van der Waals surface area contributed by atoms with E-state index in [1.165, 1.54) is 0 Å². The number of esters is 1. The van der Waals surface area contributed by atoms with Crippen LogP contribution in [0.2, 0.25) is 0 Å². The lowest BCUT2D eigenvalue weighted by molar-refractivity contribution is -0.146. The first-order chi connectivity index (χ1) is 14.9. The van der Waals surface area contributed by atoms with Crippen molar-refractivity contribution in [2.75, 3.05) is 0 Å². The van der Waals surface area contributed by atoms with Crippen LogP contribution in [0.4, 0.5) is 0 Å². The van der Waals surface area contributed by atoms with E-state index in [2.05, 4.69) is 5.32 Å². The van der Waals surface area contributed by atoms with E-state index in [4.69, 9.17) is 16.2 Å². The lowest BCUT2D eigenvalue weighted by atomic mass is 10.0. The summed E-state index contributed by atoms with van der Waals surface area (Å²) in [6.45, 7) is 0.125. The van der Waals surface area contributed by atoms with Gasteiger partial charge in [0.2, 0.25) is 5.91 Å². The van der Waals surface area contributed by atoms with Gasteiger partial charge in [-0.15, -0.1) is 0 Å². The number of hydrogen-bond donors (Lipinski definition) is 4. The zero-order valence-corrected chi connectivity index (χ0v) is 17.3. The van der Waals surface area contributed by atoms with Gasteiger partial charge < -0.3 is 26.6 Å². The summed E-state index contributed by atoms with van der Waals surface area (Å²) in [5.74, 6) is -2.26. The highest BCUT2D eigenvalue weighted by Gasteiger charge is 2.24. The number of rotatable bonds is 12. The highest BCUT2D eigenvalue weighted by Crippen LogP contribution is 2.08. The molecule has 2 aromatic rings. The van der Waals surface area contributed by atoms with Crippen molar-refractivity contribution < 1.29 is 24.2 Å². The molecule has 8 nitrogen and oxygen atoms in total. The minimum atomic E-state index is -1.17. The molecule has 0 saturated heterocycles. The molecular formula is C23H29N3O5. The molecule has 31 heavy (non-hydrogen) atoms. The van der Waals surface area contributed by atoms with Gasteiger partial charge in [0, 0.05) is 0 Å². The number of amides is 1. The molecule has 0 heterocycles. The van der Waals surface area contributed by atoms with Crippen LogP contribution in [-0.2, 0) is 32.1 Å². The van der Waals surface area contributed by atoms with Crippen LogP contribution in [0.5, 0.6) is 0 Å². The molecular weight excluding hydrogens is 398 g/mol. The molecule has 0 saturated carbocycles. The largest absolute Gasteiger partial charge is 0.480 e. The van der Waals surface area contributed by atoms with Crippen molar-refractivity contribution in [2.24, 2.45) is 11.5 Å². The highest BCUT2D eigenvalue weighted by molar-refractivity contribution is 5.87. The molecule has 0 bridgehead atoms. The smallest absolute Gasteiger partial charge is 0.326 e. The van der Waals surface area contributed by atoms with Crippen molar-refractivity contribution in [3.8, 4) is 0 Å². The first kappa shape index (κ1) is 24.0. The summed E-state index contributed by atoms with van der Waals surface area (Å²) in [5, 5.41) is 11.9. The van der Waals surface area contributed by atoms with Gasteiger partial charge >= 0.3 is 11.9 Å². The van der Waals surface area contributed by atoms with Crippen LogP contribution in [-0.4, -0.2) is 41.1 Å². The molecule has 0 aromatic heterocycles. The number of carbonyl (C=O) groups excluding carboxylic acids is 2. The number of nitrogens with one attached hydrogen (secondary N) is 1. The van der Waals surface area contributed by atoms with Crippen molar-refractivity contribution in [3.05, 3.63) is 71.8 Å². The number of carboxylic acid groups (broad SMARTS) is 1. The van der Waals surface area contributed by atoms with Crippen LogP contribution in [0.25, 0.3) is 0 Å². The zero-order valence-electron chi connectivity index (χ0n) is 17.3. The number of aliphatic carboxylic acids is 1. The average molecular weight is 428 g/mol. The van der Waals surface area contributed by atoms with E-state index < -0.39 is 36.0 Å². The van der Waals surface area contributed by atoms with E-state index in [1.54, 1.807) is 0 Å². The standard InChI is InChI=1S/C23H29N3O5/c24-18(23(30)31-15-17-10-5-2-6-11-17)12-7-13-20(22(28)29)26-21(27)19(25)14-16-8-3-1-4-9-16/h1-6,8-11,18-20H,7,12-15,24-25H2,(H,26,27)(H,28,29)/t18?,19-,20-/m0/s1. The third kappa shape index (κ3) is 8.57. The predicted molar refractivity (Wildman–Crippen MR) is 116 cm³/mol. The van der Waals surface area contributed by atoms with Gasteiger partial charge in [-0.2, -0.15) is 0 Å². The molecule has 0 aliphatic carbocycles. The van der Waals surface area contributed by atoms with Crippen molar-refractivity contribution in [3.63, 3.8) is 0 Å². The molecule has 8 heteroatoms.